The lowest BCUT2D eigenvalue weighted by atomic mass is 10.0. The predicted octanol–water partition coefficient (Wildman–Crippen LogP) is 4.96. The van der Waals surface area contributed by atoms with Gasteiger partial charge in [0.2, 0.25) is 0 Å². The lowest BCUT2D eigenvalue weighted by molar-refractivity contribution is -0.387. The Labute approximate surface area is 225 Å². The van der Waals surface area contributed by atoms with E-state index in [1.807, 2.05) is 0 Å². The number of benzene rings is 2. The Morgan fingerprint density at radius 3 is 2.44 bits per heavy atom. The summed E-state index contributed by atoms with van der Waals surface area (Å²) >= 11 is 0. The summed E-state index contributed by atoms with van der Waals surface area (Å²) in [5, 5.41) is 12.4. The minimum atomic E-state index is -4.55. The van der Waals surface area contributed by atoms with Crippen LogP contribution in [0, 0.1) is 10.1 Å². The molecule has 1 aromatic heterocycles. The van der Waals surface area contributed by atoms with Crippen LogP contribution in [0.3, 0.4) is 0 Å². The van der Waals surface area contributed by atoms with Gasteiger partial charge in [-0.3, -0.25) is 10.1 Å². The summed E-state index contributed by atoms with van der Waals surface area (Å²) < 4.78 is 41.2. The van der Waals surface area contributed by atoms with Crippen LogP contribution in [0.25, 0.3) is 10.9 Å². The molecule has 0 N–H and O–H groups in total. The first-order chi connectivity index (χ1) is 18.3. The summed E-state index contributed by atoms with van der Waals surface area (Å²) in [6.45, 7) is 6.46. The van der Waals surface area contributed by atoms with Crippen LogP contribution in [0.2, 0.25) is 0 Å². The van der Waals surface area contributed by atoms with Gasteiger partial charge in [0, 0.05) is 29.3 Å². The summed E-state index contributed by atoms with van der Waals surface area (Å²) in [6, 6.07) is 12.7. The Morgan fingerprint density at radius 1 is 1.10 bits per heavy atom. The zero-order valence-corrected chi connectivity index (χ0v) is 22.8. The molecule has 11 nitrogen and oxygen atoms in total. The van der Waals surface area contributed by atoms with Crippen molar-refractivity contribution >= 4 is 38.7 Å². The van der Waals surface area contributed by atoms with Gasteiger partial charge in [0.05, 0.1) is 23.1 Å². The van der Waals surface area contributed by atoms with Gasteiger partial charge < -0.3 is 9.47 Å². The Bertz CT molecular complexity index is 1580. The predicted molar refractivity (Wildman–Crippen MR) is 143 cm³/mol. The number of sulfonamides is 1. The van der Waals surface area contributed by atoms with Crippen molar-refractivity contribution in [1.29, 1.82) is 0 Å². The third-order valence-electron chi connectivity index (χ3n) is 6.10. The van der Waals surface area contributed by atoms with Crippen LogP contribution in [0.1, 0.15) is 45.9 Å². The van der Waals surface area contributed by atoms with Crippen LogP contribution in [-0.2, 0) is 24.3 Å². The van der Waals surface area contributed by atoms with Gasteiger partial charge in [-0.25, -0.2) is 22.6 Å². The highest BCUT2D eigenvalue weighted by Crippen LogP contribution is 2.39. The van der Waals surface area contributed by atoms with Crippen molar-refractivity contribution in [2.75, 3.05) is 13.2 Å². The first-order valence-electron chi connectivity index (χ1n) is 12.3. The third kappa shape index (κ3) is 5.57. The molecule has 4 rings (SSSR count). The number of carbonyl (C=O) groups is 2. The summed E-state index contributed by atoms with van der Waals surface area (Å²) in [5.74, 6) is -0.689. The first kappa shape index (κ1) is 28.0. The maximum Gasteiger partial charge on any atom is 0.419 e. The monoisotopic (exact) mass is 555 g/mol. The zero-order valence-electron chi connectivity index (χ0n) is 22.0. The zero-order chi connectivity index (χ0) is 28.5. The second kappa shape index (κ2) is 10.6. The quantitative estimate of drug-likeness (QED) is 0.236. The van der Waals surface area contributed by atoms with Crippen molar-refractivity contribution in [3.05, 3.63) is 82.1 Å². The second-order valence-corrected chi connectivity index (χ2v) is 11.8. The van der Waals surface area contributed by atoms with Crippen LogP contribution in [0.15, 0.2) is 71.1 Å². The summed E-state index contributed by atoms with van der Waals surface area (Å²) in [6.07, 6.45) is 0.875. The first-order valence-corrected chi connectivity index (χ1v) is 13.7. The molecular formula is C27H29N3O8S. The van der Waals surface area contributed by atoms with E-state index in [0.29, 0.717) is 16.6 Å². The maximum absolute atomic E-state index is 14.1. The average molecular weight is 556 g/mol. The molecule has 39 heavy (non-hydrogen) atoms. The number of nitro benzene ring substituents is 1. The molecule has 1 atom stereocenters. The van der Waals surface area contributed by atoms with E-state index in [0.717, 1.165) is 16.4 Å². The van der Waals surface area contributed by atoms with E-state index in [4.69, 9.17) is 9.47 Å². The molecule has 0 bridgehead atoms. The molecule has 0 saturated heterocycles. The van der Waals surface area contributed by atoms with Crippen molar-refractivity contribution in [1.82, 2.24) is 8.87 Å². The van der Waals surface area contributed by atoms with Gasteiger partial charge in [-0.2, -0.15) is 4.31 Å². The van der Waals surface area contributed by atoms with Gasteiger partial charge in [0.25, 0.3) is 15.7 Å². The largest absolute Gasteiger partial charge is 0.463 e. The lowest BCUT2D eigenvalue weighted by Gasteiger charge is -2.34. The van der Waals surface area contributed by atoms with E-state index in [9.17, 15) is 28.1 Å². The lowest BCUT2D eigenvalue weighted by Crippen LogP contribution is -2.41. The van der Waals surface area contributed by atoms with E-state index >= 15 is 0 Å². The van der Waals surface area contributed by atoms with Crippen molar-refractivity contribution in [3.63, 3.8) is 0 Å². The second-order valence-electron chi connectivity index (χ2n) is 9.92. The Morgan fingerprint density at radius 2 is 1.77 bits per heavy atom. The van der Waals surface area contributed by atoms with Gasteiger partial charge in [0.15, 0.2) is 4.90 Å². The molecule has 0 saturated carbocycles. The van der Waals surface area contributed by atoms with Crippen molar-refractivity contribution in [2.24, 2.45) is 0 Å². The number of rotatable bonds is 6. The van der Waals surface area contributed by atoms with Crippen LogP contribution in [-0.4, -0.2) is 53.0 Å². The van der Waals surface area contributed by atoms with Crippen molar-refractivity contribution in [3.8, 4) is 0 Å². The number of aromatic nitrogens is 1. The molecule has 12 heteroatoms. The molecule has 0 fully saturated rings. The van der Waals surface area contributed by atoms with Crippen molar-refractivity contribution < 1.29 is 32.4 Å². The minimum Gasteiger partial charge on any atom is -0.463 e. The van der Waals surface area contributed by atoms with E-state index in [1.54, 1.807) is 64.1 Å². The summed E-state index contributed by atoms with van der Waals surface area (Å²) in [5.41, 5.74) is -0.539. The van der Waals surface area contributed by atoms with Gasteiger partial charge >= 0.3 is 12.1 Å². The molecule has 0 radical (unpaired) electrons. The third-order valence-corrected chi connectivity index (χ3v) is 8.01. The fourth-order valence-electron chi connectivity index (χ4n) is 4.49. The van der Waals surface area contributed by atoms with E-state index in [1.165, 1.54) is 16.7 Å². The van der Waals surface area contributed by atoms with Gasteiger partial charge in [-0.1, -0.05) is 36.4 Å². The van der Waals surface area contributed by atoms with Crippen LogP contribution < -0.4 is 0 Å². The minimum absolute atomic E-state index is 0.00707. The number of nitrogens with zero attached hydrogens (tertiary/aromatic N) is 3. The maximum atomic E-state index is 14.1. The number of fused-ring (bicyclic) bond motifs is 1. The highest BCUT2D eigenvalue weighted by Gasteiger charge is 2.42. The molecular weight excluding hydrogens is 526 g/mol. The number of ether oxygens (including phenoxy) is 2. The Kier molecular flexibility index (Phi) is 7.62. The topological polar surface area (TPSA) is 138 Å². The van der Waals surface area contributed by atoms with E-state index < -0.39 is 55.8 Å². The molecule has 206 valence electrons. The molecule has 1 aliphatic rings. The number of esters is 1. The molecule has 2 heterocycles. The number of para-hydroxylation sites is 2. The molecule has 0 aliphatic carbocycles. The van der Waals surface area contributed by atoms with E-state index in [2.05, 4.69) is 0 Å². The molecule has 1 unspecified atom stereocenters. The fourth-order valence-corrected chi connectivity index (χ4v) is 6.24. The normalized spacial score (nSPS) is 16.5. The number of carbonyl (C=O) groups excluding carboxylic acids is 2. The van der Waals surface area contributed by atoms with E-state index in [-0.39, 0.29) is 18.6 Å². The van der Waals surface area contributed by atoms with Gasteiger partial charge in [-0.15, -0.1) is 0 Å². The number of hydrogen-bond acceptors (Lipinski definition) is 8. The number of nitro groups is 1. The molecule has 3 aromatic rings. The summed E-state index contributed by atoms with van der Waals surface area (Å²) in [7, 11) is -4.55. The molecule has 0 amide bonds. The molecule has 2 aromatic carbocycles. The highest BCUT2D eigenvalue weighted by molar-refractivity contribution is 7.89. The van der Waals surface area contributed by atoms with Gasteiger partial charge in [0.1, 0.15) is 5.60 Å². The Balaban J connectivity index is 1.93. The van der Waals surface area contributed by atoms with Gasteiger partial charge in [-0.05, 0) is 52.3 Å². The fraction of sp³-hybridized carbons (Fsp3) is 0.333. The van der Waals surface area contributed by atoms with Crippen LogP contribution in [0.5, 0.6) is 0 Å². The number of hydrogen-bond donors (Lipinski definition) is 0. The van der Waals surface area contributed by atoms with Crippen LogP contribution in [0.4, 0.5) is 10.5 Å². The van der Waals surface area contributed by atoms with Crippen LogP contribution >= 0.6 is 0 Å². The Hall–Kier alpha value is -4.03. The van der Waals surface area contributed by atoms with Crippen molar-refractivity contribution in [2.45, 2.75) is 50.7 Å². The summed E-state index contributed by atoms with van der Waals surface area (Å²) in [4.78, 5) is 36.4. The smallest absolute Gasteiger partial charge is 0.419 e. The SMILES string of the molecule is CCOC(=O)C1=CCC(c2cc3ccccc3n2C(=O)OC(C)(C)C)N(S(=O)(=O)c2ccccc2[N+](=O)[O-])C1. The average Bonchev–Trinajstić information content (AvgIpc) is 3.27. The molecule has 1 aliphatic heterocycles. The highest BCUT2D eigenvalue weighted by atomic mass is 32.2. The molecule has 0 spiro atoms. The standard InChI is InChI=1S/C27H29N3O8S/c1-5-37-25(31)19-14-15-21(28(17-19)39(35,36)24-13-9-8-12-22(24)30(33)34)23-16-18-10-6-7-11-20(18)29(23)26(32)38-27(2,3)4/h6-14,16,21H,5,15,17H2,1-4H3.